The molecule has 108 valence electrons. The van der Waals surface area contributed by atoms with E-state index in [0.29, 0.717) is 19.8 Å². The van der Waals surface area contributed by atoms with E-state index in [1.807, 2.05) is 18.9 Å². The second kappa shape index (κ2) is 7.35. The van der Waals surface area contributed by atoms with Gasteiger partial charge in [0.2, 0.25) is 0 Å². The maximum absolute atomic E-state index is 12.0. The molecule has 6 heteroatoms. The molecule has 0 radical (unpaired) electrons. The lowest BCUT2D eigenvalue weighted by Crippen LogP contribution is -2.22. The number of likely N-dealkylation sites (N-methyl/N-ethyl adjacent to an activating group) is 1. The fraction of sp³-hybridized carbons (Fsp3) is 0.538. The highest BCUT2D eigenvalue weighted by molar-refractivity contribution is 5.27. The fourth-order valence-electron chi connectivity index (χ4n) is 1.55. The van der Waals surface area contributed by atoms with E-state index in [4.69, 9.17) is 4.74 Å². The van der Waals surface area contributed by atoms with E-state index < -0.39 is 6.36 Å². The number of ether oxygens (including phenoxy) is 2. The van der Waals surface area contributed by atoms with E-state index in [1.165, 1.54) is 12.1 Å². The summed E-state index contributed by atoms with van der Waals surface area (Å²) in [6, 6.07) is 5.88. The quantitative estimate of drug-likeness (QED) is 0.715. The van der Waals surface area contributed by atoms with Crippen molar-refractivity contribution >= 4 is 0 Å². The number of rotatable bonds is 7. The molecule has 3 nitrogen and oxygen atoms in total. The largest absolute Gasteiger partial charge is 0.573 e. The minimum absolute atomic E-state index is 0.201. The Kier molecular flexibility index (Phi) is 6.11. The van der Waals surface area contributed by atoms with Crippen LogP contribution in [-0.4, -0.2) is 38.1 Å². The van der Waals surface area contributed by atoms with Crippen LogP contribution in [0.15, 0.2) is 24.3 Å². The van der Waals surface area contributed by atoms with Crippen molar-refractivity contribution < 1.29 is 22.6 Å². The van der Waals surface area contributed by atoms with Gasteiger partial charge in [0, 0.05) is 19.7 Å². The molecule has 0 heterocycles. The molecule has 0 saturated carbocycles. The Bertz CT molecular complexity index is 365. The third-order valence-electron chi connectivity index (χ3n) is 2.43. The van der Waals surface area contributed by atoms with Crippen molar-refractivity contribution in [2.24, 2.45) is 0 Å². The highest BCUT2D eigenvalue weighted by atomic mass is 19.4. The molecule has 0 aliphatic carbocycles. The number of alkyl halides is 3. The first-order valence-electron chi connectivity index (χ1n) is 6.01. The smallest absolute Gasteiger partial charge is 0.406 e. The molecule has 0 atom stereocenters. The van der Waals surface area contributed by atoms with Gasteiger partial charge in [0.1, 0.15) is 5.75 Å². The fourth-order valence-corrected chi connectivity index (χ4v) is 1.55. The minimum atomic E-state index is -4.64. The molecule has 1 aromatic rings. The van der Waals surface area contributed by atoms with Gasteiger partial charge >= 0.3 is 6.36 Å². The van der Waals surface area contributed by atoms with Crippen molar-refractivity contribution in [2.45, 2.75) is 19.8 Å². The van der Waals surface area contributed by atoms with E-state index in [9.17, 15) is 13.2 Å². The van der Waals surface area contributed by atoms with Crippen molar-refractivity contribution in [2.75, 3.05) is 26.8 Å². The summed E-state index contributed by atoms with van der Waals surface area (Å²) in [7, 11) is 1.93. The highest BCUT2D eigenvalue weighted by Gasteiger charge is 2.30. The van der Waals surface area contributed by atoms with Crippen LogP contribution in [0.2, 0.25) is 0 Å². The van der Waals surface area contributed by atoms with Gasteiger partial charge in [-0.15, -0.1) is 13.2 Å². The van der Waals surface area contributed by atoms with Crippen LogP contribution in [0.5, 0.6) is 5.75 Å². The lowest BCUT2D eigenvalue weighted by atomic mass is 10.2. The number of hydrogen-bond donors (Lipinski definition) is 0. The maximum atomic E-state index is 12.0. The lowest BCUT2D eigenvalue weighted by molar-refractivity contribution is -0.274. The molecule has 0 aliphatic rings. The highest BCUT2D eigenvalue weighted by Crippen LogP contribution is 2.22. The molecule has 0 N–H and O–H groups in total. The average Bonchev–Trinajstić information content (AvgIpc) is 2.30. The summed E-state index contributed by atoms with van der Waals surface area (Å²) < 4.78 is 45.0. The van der Waals surface area contributed by atoms with E-state index in [-0.39, 0.29) is 5.75 Å². The Hall–Kier alpha value is -1.27. The predicted molar refractivity (Wildman–Crippen MR) is 66.0 cm³/mol. The van der Waals surface area contributed by atoms with Crippen LogP contribution in [0.4, 0.5) is 13.2 Å². The summed E-state index contributed by atoms with van der Waals surface area (Å²) in [6.45, 7) is 4.67. The van der Waals surface area contributed by atoms with Crippen molar-refractivity contribution in [3.8, 4) is 5.75 Å². The number of hydrogen-bond acceptors (Lipinski definition) is 3. The van der Waals surface area contributed by atoms with E-state index >= 15 is 0 Å². The third kappa shape index (κ3) is 7.03. The van der Waals surface area contributed by atoms with Crippen molar-refractivity contribution in [3.05, 3.63) is 29.8 Å². The zero-order chi connectivity index (χ0) is 14.3. The molecule has 1 aromatic carbocycles. The molecule has 19 heavy (non-hydrogen) atoms. The molecule has 0 aromatic heterocycles. The summed E-state index contributed by atoms with van der Waals surface area (Å²) in [5, 5.41) is 0. The van der Waals surface area contributed by atoms with Gasteiger partial charge in [-0.25, -0.2) is 0 Å². The topological polar surface area (TPSA) is 21.7 Å². The van der Waals surface area contributed by atoms with E-state index in [0.717, 1.165) is 12.1 Å². The summed E-state index contributed by atoms with van der Waals surface area (Å²) >= 11 is 0. The summed E-state index contributed by atoms with van der Waals surface area (Å²) in [5.74, 6) is -0.201. The predicted octanol–water partition coefficient (Wildman–Crippen LogP) is 3.05. The molecule has 0 fully saturated rings. The number of benzene rings is 1. The monoisotopic (exact) mass is 277 g/mol. The second-order valence-electron chi connectivity index (χ2n) is 4.13. The molecule has 1 rings (SSSR count). The number of halogens is 3. The van der Waals surface area contributed by atoms with Gasteiger partial charge in [0.15, 0.2) is 0 Å². The zero-order valence-corrected chi connectivity index (χ0v) is 11.0. The summed E-state index contributed by atoms with van der Waals surface area (Å²) in [4.78, 5) is 2.04. The van der Waals surface area contributed by atoms with Gasteiger partial charge in [-0.1, -0.05) is 12.1 Å². The summed E-state index contributed by atoms with van der Waals surface area (Å²) in [5.41, 5.74) is 0.925. The zero-order valence-electron chi connectivity index (χ0n) is 11.0. The van der Waals surface area contributed by atoms with Crippen LogP contribution in [0.25, 0.3) is 0 Å². The molecule has 0 saturated heterocycles. The van der Waals surface area contributed by atoms with Crippen LogP contribution in [0, 0.1) is 0 Å². The van der Waals surface area contributed by atoms with Crippen molar-refractivity contribution in [3.63, 3.8) is 0 Å². The van der Waals surface area contributed by atoms with Crippen LogP contribution in [0.3, 0.4) is 0 Å². The van der Waals surface area contributed by atoms with Gasteiger partial charge < -0.3 is 9.47 Å². The van der Waals surface area contributed by atoms with Gasteiger partial charge in [0.25, 0.3) is 0 Å². The molecule has 0 amide bonds. The first-order chi connectivity index (χ1) is 8.90. The molecular weight excluding hydrogens is 259 g/mol. The Morgan fingerprint density at radius 3 is 2.32 bits per heavy atom. The first kappa shape index (κ1) is 15.8. The van der Waals surface area contributed by atoms with Crippen LogP contribution in [-0.2, 0) is 11.3 Å². The third-order valence-corrected chi connectivity index (χ3v) is 2.43. The van der Waals surface area contributed by atoms with Gasteiger partial charge in [-0.3, -0.25) is 4.90 Å². The molecule has 0 aliphatic heterocycles. The van der Waals surface area contributed by atoms with Crippen LogP contribution in [0.1, 0.15) is 12.5 Å². The van der Waals surface area contributed by atoms with Crippen molar-refractivity contribution in [1.82, 2.24) is 4.90 Å². The maximum Gasteiger partial charge on any atom is 0.573 e. The average molecular weight is 277 g/mol. The van der Waals surface area contributed by atoms with Crippen molar-refractivity contribution in [1.29, 1.82) is 0 Å². The normalized spacial score (nSPS) is 11.9. The standard InChI is InChI=1S/C13H18F3NO2/c1-3-18-9-8-17(2)10-11-4-6-12(7-5-11)19-13(14,15)16/h4-7H,3,8-10H2,1-2H3. The second-order valence-corrected chi connectivity index (χ2v) is 4.13. The Labute approximate surface area is 110 Å². The summed E-state index contributed by atoms with van der Waals surface area (Å²) in [6.07, 6.45) is -4.64. The molecule has 0 spiro atoms. The molecule has 0 bridgehead atoms. The van der Waals surface area contributed by atoms with Crippen LogP contribution >= 0.6 is 0 Å². The Morgan fingerprint density at radius 1 is 1.16 bits per heavy atom. The first-order valence-corrected chi connectivity index (χ1v) is 6.01. The molecule has 0 unspecified atom stereocenters. The SMILES string of the molecule is CCOCCN(C)Cc1ccc(OC(F)(F)F)cc1. The van der Waals surface area contributed by atoms with E-state index in [2.05, 4.69) is 4.74 Å². The molecular formula is C13H18F3NO2. The van der Waals surface area contributed by atoms with Crippen LogP contribution < -0.4 is 4.74 Å². The van der Waals surface area contributed by atoms with Gasteiger partial charge in [-0.2, -0.15) is 0 Å². The number of nitrogens with zero attached hydrogens (tertiary/aromatic N) is 1. The Balaban J connectivity index is 2.43. The van der Waals surface area contributed by atoms with E-state index in [1.54, 1.807) is 12.1 Å². The van der Waals surface area contributed by atoms with Gasteiger partial charge in [-0.05, 0) is 31.7 Å². The Morgan fingerprint density at radius 2 is 1.79 bits per heavy atom. The lowest BCUT2D eigenvalue weighted by Gasteiger charge is -2.16. The van der Waals surface area contributed by atoms with Gasteiger partial charge in [0.05, 0.1) is 6.61 Å². The minimum Gasteiger partial charge on any atom is -0.406 e.